The average Bonchev–Trinajstić information content (AvgIpc) is 3.29. The quantitative estimate of drug-likeness (QED) is 0.598. The predicted molar refractivity (Wildman–Crippen MR) is 128 cm³/mol. The van der Waals surface area contributed by atoms with Gasteiger partial charge in [0.15, 0.2) is 5.82 Å². The molecule has 1 aliphatic rings. The molecule has 4 rings (SSSR count). The van der Waals surface area contributed by atoms with Crippen molar-refractivity contribution in [3.63, 3.8) is 0 Å². The second kappa shape index (κ2) is 10.2. The number of nitrogens with one attached hydrogen (secondary N) is 1. The standard InChI is InChI=1S/C25H32N6O2/c1-5-24-27-28-29-31(24)23-15-21(14-22(19(23)4)20-8-6-17(2)7-9-20)25(32)26-18(3)16-30-10-12-33-13-11-30/h6-9,14-15,18H,5,10-13,16H2,1-4H3,(H,26,32). The number of morpholine rings is 1. The summed E-state index contributed by atoms with van der Waals surface area (Å²) in [4.78, 5) is 15.6. The topological polar surface area (TPSA) is 85.2 Å². The SMILES string of the molecule is CCc1nnnn1-c1cc(C(=O)NC(C)CN2CCOCC2)cc(-c2ccc(C)cc2)c1C. The third-order valence-corrected chi connectivity index (χ3v) is 6.10. The molecule has 1 amide bonds. The van der Waals surface area contributed by atoms with E-state index in [4.69, 9.17) is 4.74 Å². The Morgan fingerprint density at radius 3 is 2.58 bits per heavy atom. The minimum atomic E-state index is -0.100. The molecule has 2 heterocycles. The monoisotopic (exact) mass is 448 g/mol. The van der Waals surface area contributed by atoms with Crippen molar-refractivity contribution in [1.82, 2.24) is 30.4 Å². The van der Waals surface area contributed by atoms with Gasteiger partial charge in [-0.05, 0) is 60.0 Å². The Morgan fingerprint density at radius 1 is 1.15 bits per heavy atom. The maximum Gasteiger partial charge on any atom is 0.251 e. The van der Waals surface area contributed by atoms with Crippen LogP contribution in [0.15, 0.2) is 36.4 Å². The number of ether oxygens (including phenoxy) is 1. The van der Waals surface area contributed by atoms with E-state index in [0.29, 0.717) is 12.0 Å². The van der Waals surface area contributed by atoms with E-state index in [1.165, 1.54) is 5.56 Å². The molecule has 0 aliphatic carbocycles. The zero-order valence-electron chi connectivity index (χ0n) is 19.8. The smallest absolute Gasteiger partial charge is 0.251 e. The maximum atomic E-state index is 13.3. The molecule has 174 valence electrons. The van der Waals surface area contributed by atoms with E-state index < -0.39 is 0 Å². The van der Waals surface area contributed by atoms with Crippen molar-refractivity contribution in [2.24, 2.45) is 0 Å². The average molecular weight is 449 g/mol. The highest BCUT2D eigenvalue weighted by Gasteiger charge is 2.20. The van der Waals surface area contributed by atoms with E-state index in [0.717, 1.165) is 61.1 Å². The molecule has 1 N–H and O–H groups in total. The summed E-state index contributed by atoms with van der Waals surface area (Å²) >= 11 is 0. The van der Waals surface area contributed by atoms with E-state index in [1.54, 1.807) is 4.68 Å². The number of hydrogen-bond acceptors (Lipinski definition) is 6. The van der Waals surface area contributed by atoms with Crippen LogP contribution in [0, 0.1) is 13.8 Å². The summed E-state index contributed by atoms with van der Waals surface area (Å²) in [5.74, 6) is 0.655. The van der Waals surface area contributed by atoms with Gasteiger partial charge in [-0.15, -0.1) is 5.10 Å². The third kappa shape index (κ3) is 5.29. The molecule has 0 saturated carbocycles. The number of carbonyl (C=O) groups excluding carboxylic acids is 1. The Labute approximate surface area is 194 Å². The van der Waals surface area contributed by atoms with Crippen molar-refractivity contribution in [3.8, 4) is 16.8 Å². The molecule has 0 bridgehead atoms. The highest BCUT2D eigenvalue weighted by molar-refractivity contribution is 5.97. The summed E-state index contributed by atoms with van der Waals surface area (Å²) in [7, 11) is 0. The number of aromatic nitrogens is 4. The molecule has 1 saturated heterocycles. The van der Waals surface area contributed by atoms with Gasteiger partial charge < -0.3 is 10.1 Å². The molecule has 8 nitrogen and oxygen atoms in total. The van der Waals surface area contributed by atoms with Crippen LogP contribution in [0.4, 0.5) is 0 Å². The number of aryl methyl sites for hydroxylation is 2. The molecule has 33 heavy (non-hydrogen) atoms. The van der Waals surface area contributed by atoms with Crippen LogP contribution in [0.2, 0.25) is 0 Å². The summed E-state index contributed by atoms with van der Waals surface area (Å²) in [6.07, 6.45) is 0.694. The Hall–Kier alpha value is -3.10. The fourth-order valence-electron chi connectivity index (χ4n) is 4.22. The Kier molecular flexibility index (Phi) is 7.15. The zero-order chi connectivity index (χ0) is 23.4. The Balaban J connectivity index is 1.68. The number of hydrogen-bond donors (Lipinski definition) is 1. The number of carbonyl (C=O) groups is 1. The summed E-state index contributed by atoms with van der Waals surface area (Å²) in [6, 6.07) is 12.2. The maximum absolute atomic E-state index is 13.3. The van der Waals surface area contributed by atoms with Gasteiger partial charge in [0.05, 0.1) is 18.9 Å². The normalized spacial score (nSPS) is 15.4. The minimum absolute atomic E-state index is 0.0161. The largest absolute Gasteiger partial charge is 0.379 e. The van der Waals surface area contributed by atoms with Gasteiger partial charge >= 0.3 is 0 Å². The first-order chi connectivity index (χ1) is 16.0. The number of amides is 1. The zero-order valence-corrected chi connectivity index (χ0v) is 19.8. The minimum Gasteiger partial charge on any atom is -0.379 e. The van der Waals surface area contributed by atoms with Crippen LogP contribution < -0.4 is 5.32 Å². The van der Waals surface area contributed by atoms with E-state index in [1.807, 2.05) is 32.9 Å². The van der Waals surface area contributed by atoms with Crippen LogP contribution in [0.1, 0.15) is 41.2 Å². The molecule has 1 atom stereocenters. The predicted octanol–water partition coefficient (Wildman–Crippen LogP) is 2.96. The molecule has 0 radical (unpaired) electrons. The number of benzene rings is 2. The number of tetrazole rings is 1. The summed E-state index contributed by atoms with van der Waals surface area (Å²) in [6.45, 7) is 12.2. The van der Waals surface area contributed by atoms with Crippen LogP contribution >= 0.6 is 0 Å². The van der Waals surface area contributed by atoms with Gasteiger partial charge in [0, 0.05) is 37.7 Å². The van der Waals surface area contributed by atoms with Crippen molar-refractivity contribution in [1.29, 1.82) is 0 Å². The second-order valence-corrected chi connectivity index (χ2v) is 8.68. The first kappa shape index (κ1) is 23.1. The van der Waals surface area contributed by atoms with E-state index in [-0.39, 0.29) is 11.9 Å². The summed E-state index contributed by atoms with van der Waals surface area (Å²) in [5.41, 5.74) is 5.69. The summed E-state index contributed by atoms with van der Waals surface area (Å²) < 4.78 is 7.16. The van der Waals surface area contributed by atoms with Crippen LogP contribution in [-0.4, -0.2) is 69.9 Å². The van der Waals surface area contributed by atoms with Crippen LogP contribution in [-0.2, 0) is 11.2 Å². The third-order valence-electron chi connectivity index (χ3n) is 6.10. The molecular formula is C25H32N6O2. The number of nitrogens with zero attached hydrogens (tertiary/aromatic N) is 5. The van der Waals surface area contributed by atoms with Crippen molar-refractivity contribution >= 4 is 5.91 Å². The Bertz CT molecular complexity index is 1100. The highest BCUT2D eigenvalue weighted by Crippen LogP contribution is 2.30. The molecule has 1 unspecified atom stereocenters. The first-order valence-corrected chi connectivity index (χ1v) is 11.6. The van der Waals surface area contributed by atoms with E-state index in [9.17, 15) is 4.79 Å². The molecule has 1 aliphatic heterocycles. The van der Waals surface area contributed by atoms with E-state index in [2.05, 4.69) is 56.9 Å². The molecule has 1 fully saturated rings. The van der Waals surface area contributed by atoms with Gasteiger partial charge in [0.1, 0.15) is 0 Å². The molecule has 1 aromatic heterocycles. The first-order valence-electron chi connectivity index (χ1n) is 11.6. The van der Waals surface area contributed by atoms with Crippen LogP contribution in [0.3, 0.4) is 0 Å². The Morgan fingerprint density at radius 2 is 1.88 bits per heavy atom. The van der Waals surface area contributed by atoms with Crippen LogP contribution in [0.25, 0.3) is 16.8 Å². The number of rotatable bonds is 7. The lowest BCUT2D eigenvalue weighted by molar-refractivity contribution is 0.0342. The second-order valence-electron chi connectivity index (χ2n) is 8.68. The lowest BCUT2D eigenvalue weighted by atomic mass is 9.95. The van der Waals surface area contributed by atoms with Crippen LogP contribution in [0.5, 0.6) is 0 Å². The molecule has 3 aromatic rings. The fourth-order valence-corrected chi connectivity index (χ4v) is 4.22. The van der Waals surface area contributed by atoms with Crippen molar-refractivity contribution in [2.75, 3.05) is 32.8 Å². The molecular weight excluding hydrogens is 416 g/mol. The van der Waals surface area contributed by atoms with Crippen molar-refractivity contribution < 1.29 is 9.53 Å². The fraction of sp³-hybridized carbons (Fsp3) is 0.440. The lowest BCUT2D eigenvalue weighted by Gasteiger charge is -2.29. The van der Waals surface area contributed by atoms with Crippen molar-refractivity contribution in [3.05, 3.63) is 58.9 Å². The van der Waals surface area contributed by atoms with Gasteiger partial charge in [0.25, 0.3) is 5.91 Å². The van der Waals surface area contributed by atoms with Gasteiger partial charge in [-0.2, -0.15) is 4.68 Å². The van der Waals surface area contributed by atoms with Gasteiger partial charge in [-0.1, -0.05) is 36.8 Å². The van der Waals surface area contributed by atoms with Crippen molar-refractivity contribution in [2.45, 2.75) is 40.2 Å². The lowest BCUT2D eigenvalue weighted by Crippen LogP contribution is -2.46. The van der Waals surface area contributed by atoms with Gasteiger partial charge in [-0.25, -0.2) is 0 Å². The molecule has 8 heteroatoms. The highest BCUT2D eigenvalue weighted by atomic mass is 16.5. The van der Waals surface area contributed by atoms with E-state index >= 15 is 0 Å². The molecule has 0 spiro atoms. The summed E-state index contributed by atoms with van der Waals surface area (Å²) in [5, 5.41) is 15.4. The van der Waals surface area contributed by atoms with Gasteiger partial charge in [0.2, 0.25) is 0 Å². The van der Waals surface area contributed by atoms with Gasteiger partial charge in [-0.3, -0.25) is 9.69 Å². The molecule has 2 aromatic carbocycles.